The molecular weight excluding hydrogens is 276 g/mol. The first-order valence-electron chi connectivity index (χ1n) is 7.09. The summed E-state index contributed by atoms with van der Waals surface area (Å²) < 4.78 is 0. The highest BCUT2D eigenvalue weighted by molar-refractivity contribution is 6.31. The molecule has 110 valence electrons. The molecule has 20 heavy (non-hydrogen) atoms. The van der Waals surface area contributed by atoms with Crippen molar-refractivity contribution in [3.05, 3.63) is 38.9 Å². The molecule has 1 saturated carbocycles. The van der Waals surface area contributed by atoms with Crippen LogP contribution in [0.5, 0.6) is 0 Å². The Bertz CT molecular complexity index is 507. The van der Waals surface area contributed by atoms with Gasteiger partial charge in [0.1, 0.15) is 0 Å². The highest BCUT2D eigenvalue weighted by atomic mass is 35.5. The van der Waals surface area contributed by atoms with Crippen LogP contribution in [0.4, 0.5) is 5.69 Å². The minimum atomic E-state index is -0.350. The number of nitrogens with zero attached hydrogens (tertiary/aromatic N) is 1. The third-order valence-electron chi connectivity index (χ3n) is 4.46. The van der Waals surface area contributed by atoms with Gasteiger partial charge in [0.25, 0.3) is 5.69 Å². The number of nitrogens with two attached hydrogens (primary N) is 1. The van der Waals surface area contributed by atoms with Crippen molar-refractivity contribution in [3.8, 4) is 0 Å². The quantitative estimate of drug-likeness (QED) is 0.675. The third kappa shape index (κ3) is 3.13. The molecule has 0 radical (unpaired) electrons. The Balaban J connectivity index is 2.34. The van der Waals surface area contributed by atoms with Crippen LogP contribution in [0.25, 0.3) is 0 Å². The van der Waals surface area contributed by atoms with E-state index in [2.05, 4.69) is 6.92 Å². The Hall–Kier alpha value is -1.13. The lowest BCUT2D eigenvalue weighted by Gasteiger charge is -2.39. The number of rotatable bonds is 4. The first-order chi connectivity index (χ1) is 9.47. The van der Waals surface area contributed by atoms with E-state index < -0.39 is 0 Å². The summed E-state index contributed by atoms with van der Waals surface area (Å²) in [5.41, 5.74) is 6.72. The Morgan fingerprint density at radius 3 is 2.90 bits per heavy atom. The van der Waals surface area contributed by atoms with Crippen molar-refractivity contribution in [1.29, 1.82) is 0 Å². The molecule has 2 unspecified atom stereocenters. The average Bonchev–Trinajstić information content (AvgIpc) is 2.41. The maximum absolute atomic E-state index is 11.2. The van der Waals surface area contributed by atoms with Crippen LogP contribution in [0, 0.1) is 21.4 Å². The van der Waals surface area contributed by atoms with Crippen molar-refractivity contribution in [2.24, 2.45) is 17.1 Å². The van der Waals surface area contributed by atoms with Crippen LogP contribution in [-0.4, -0.2) is 11.5 Å². The molecule has 1 aromatic carbocycles. The van der Waals surface area contributed by atoms with E-state index in [4.69, 9.17) is 17.3 Å². The summed E-state index contributed by atoms with van der Waals surface area (Å²) in [5.74, 6) is 0.619. The highest BCUT2D eigenvalue weighted by Gasteiger charge is 2.36. The van der Waals surface area contributed by atoms with Gasteiger partial charge in [0.15, 0.2) is 0 Å². The third-order valence-corrected chi connectivity index (χ3v) is 4.82. The van der Waals surface area contributed by atoms with E-state index in [9.17, 15) is 10.1 Å². The number of nitro groups is 1. The lowest BCUT2D eigenvalue weighted by molar-refractivity contribution is -0.385. The summed E-state index contributed by atoms with van der Waals surface area (Å²) in [5, 5.41) is 11.7. The molecule has 2 N–H and O–H groups in total. The van der Waals surface area contributed by atoms with Gasteiger partial charge in [-0.1, -0.05) is 37.4 Å². The first-order valence-corrected chi connectivity index (χ1v) is 7.47. The maximum Gasteiger partial charge on any atom is 0.274 e. The van der Waals surface area contributed by atoms with Crippen LogP contribution in [0.1, 0.15) is 38.2 Å². The average molecular weight is 297 g/mol. The van der Waals surface area contributed by atoms with E-state index in [1.54, 1.807) is 12.1 Å². The Kier molecular flexibility index (Phi) is 4.66. The van der Waals surface area contributed by atoms with E-state index >= 15 is 0 Å². The molecule has 0 aromatic heterocycles. The smallest absolute Gasteiger partial charge is 0.274 e. The molecule has 1 fully saturated rings. The van der Waals surface area contributed by atoms with Crippen molar-refractivity contribution in [1.82, 2.24) is 0 Å². The second kappa shape index (κ2) is 6.10. The molecule has 5 heteroatoms. The van der Waals surface area contributed by atoms with Crippen LogP contribution < -0.4 is 5.73 Å². The standard InChI is InChI=1S/C15H21ClN2O2/c1-11-4-3-7-15(8-11,10-17)9-12-13(16)5-2-6-14(12)18(19)20/h2,5-6,11H,3-4,7-10,17H2,1H3. The van der Waals surface area contributed by atoms with Crippen LogP contribution in [0.15, 0.2) is 18.2 Å². The van der Waals surface area contributed by atoms with Crippen molar-refractivity contribution in [3.63, 3.8) is 0 Å². The summed E-state index contributed by atoms with van der Waals surface area (Å²) in [7, 11) is 0. The first kappa shape index (κ1) is 15.3. The fourth-order valence-corrected chi connectivity index (χ4v) is 3.69. The van der Waals surface area contributed by atoms with Gasteiger partial charge in [-0.2, -0.15) is 0 Å². The second-order valence-electron chi connectivity index (χ2n) is 6.08. The van der Waals surface area contributed by atoms with Gasteiger partial charge in [0.2, 0.25) is 0 Å². The van der Waals surface area contributed by atoms with E-state index in [1.807, 2.05) is 0 Å². The molecule has 0 aliphatic heterocycles. The molecule has 4 nitrogen and oxygen atoms in total. The SMILES string of the molecule is CC1CCCC(CN)(Cc2c(Cl)cccc2[N+](=O)[O-])C1. The predicted octanol–water partition coefficient (Wildman–Crippen LogP) is 3.95. The largest absolute Gasteiger partial charge is 0.330 e. The van der Waals surface area contributed by atoms with Crippen molar-refractivity contribution < 1.29 is 4.92 Å². The van der Waals surface area contributed by atoms with Crippen LogP contribution in [0.2, 0.25) is 5.02 Å². The highest BCUT2D eigenvalue weighted by Crippen LogP contribution is 2.43. The van der Waals surface area contributed by atoms with Crippen LogP contribution in [-0.2, 0) is 6.42 Å². The summed E-state index contributed by atoms with van der Waals surface area (Å²) >= 11 is 6.20. The van der Waals surface area contributed by atoms with Crippen molar-refractivity contribution in [2.45, 2.75) is 39.0 Å². The van der Waals surface area contributed by atoms with Gasteiger partial charge in [0, 0.05) is 11.6 Å². The minimum Gasteiger partial charge on any atom is -0.330 e. The van der Waals surface area contributed by atoms with E-state index in [-0.39, 0.29) is 16.0 Å². The molecule has 1 aromatic rings. The lowest BCUT2D eigenvalue weighted by Crippen LogP contribution is -2.37. The summed E-state index contributed by atoms with van der Waals surface area (Å²) in [6.07, 6.45) is 4.99. The zero-order chi connectivity index (χ0) is 14.8. The molecule has 0 amide bonds. The minimum absolute atomic E-state index is 0.0482. The Morgan fingerprint density at radius 2 is 2.30 bits per heavy atom. The molecule has 0 bridgehead atoms. The van der Waals surface area contributed by atoms with E-state index in [1.165, 1.54) is 12.5 Å². The van der Waals surface area contributed by atoms with E-state index in [0.717, 1.165) is 19.3 Å². The normalized spacial score (nSPS) is 26.4. The van der Waals surface area contributed by atoms with Crippen LogP contribution in [0.3, 0.4) is 0 Å². The zero-order valence-electron chi connectivity index (χ0n) is 11.8. The monoisotopic (exact) mass is 296 g/mol. The van der Waals surface area contributed by atoms with Gasteiger partial charge in [-0.05, 0) is 43.2 Å². The fourth-order valence-electron chi connectivity index (χ4n) is 3.46. The maximum atomic E-state index is 11.2. The topological polar surface area (TPSA) is 69.2 Å². The van der Waals surface area contributed by atoms with Gasteiger partial charge in [-0.25, -0.2) is 0 Å². The van der Waals surface area contributed by atoms with Gasteiger partial charge in [-0.15, -0.1) is 0 Å². The lowest BCUT2D eigenvalue weighted by atomic mass is 9.67. The van der Waals surface area contributed by atoms with Gasteiger partial charge >= 0.3 is 0 Å². The molecule has 0 saturated heterocycles. The number of benzene rings is 1. The number of hydrogen-bond acceptors (Lipinski definition) is 3. The molecule has 1 aliphatic carbocycles. The van der Waals surface area contributed by atoms with E-state index in [0.29, 0.717) is 29.5 Å². The summed E-state index contributed by atoms with van der Waals surface area (Å²) in [6.45, 7) is 2.78. The number of hydrogen-bond donors (Lipinski definition) is 1. The van der Waals surface area contributed by atoms with Crippen LogP contribution >= 0.6 is 11.6 Å². The molecule has 0 heterocycles. The number of halogens is 1. The zero-order valence-corrected chi connectivity index (χ0v) is 12.5. The molecule has 2 rings (SSSR count). The summed E-state index contributed by atoms with van der Waals surface area (Å²) in [6, 6.07) is 4.88. The molecule has 1 aliphatic rings. The second-order valence-corrected chi connectivity index (χ2v) is 6.48. The van der Waals surface area contributed by atoms with Gasteiger partial charge in [0.05, 0.1) is 9.95 Å². The number of nitro benzene ring substituents is 1. The molecule has 0 spiro atoms. The van der Waals surface area contributed by atoms with Gasteiger partial charge in [-0.3, -0.25) is 10.1 Å². The Labute approximate surface area is 124 Å². The van der Waals surface area contributed by atoms with Crippen molar-refractivity contribution in [2.75, 3.05) is 6.54 Å². The molecular formula is C15H21ClN2O2. The Morgan fingerprint density at radius 1 is 1.55 bits per heavy atom. The molecule has 2 atom stereocenters. The predicted molar refractivity (Wildman–Crippen MR) is 80.9 cm³/mol. The summed E-state index contributed by atoms with van der Waals surface area (Å²) in [4.78, 5) is 10.8. The fraction of sp³-hybridized carbons (Fsp3) is 0.600. The van der Waals surface area contributed by atoms with Gasteiger partial charge < -0.3 is 5.73 Å². The van der Waals surface area contributed by atoms with Crippen molar-refractivity contribution >= 4 is 17.3 Å².